The van der Waals surface area contributed by atoms with E-state index < -0.39 is 12.0 Å². The molecule has 1 atom stereocenters. The monoisotopic (exact) mass is 237 g/mol. The number of methoxy groups -OCH3 is 1. The lowest BCUT2D eigenvalue weighted by Crippen LogP contribution is -2.34. The van der Waals surface area contributed by atoms with E-state index in [9.17, 15) is 9.18 Å². The van der Waals surface area contributed by atoms with Crippen molar-refractivity contribution in [3.05, 3.63) is 34.6 Å². The van der Waals surface area contributed by atoms with Crippen LogP contribution in [0.3, 0.4) is 0 Å². The maximum Gasteiger partial charge on any atom is 0.322 e. The number of hydrogen-bond acceptors (Lipinski definition) is 3. The van der Waals surface area contributed by atoms with E-state index in [1.54, 1.807) is 6.07 Å². The molecule has 1 aliphatic rings. The SMILES string of the molecule is COC(=O)[C@@H](N)Cc1ccc2c(c1F)CCC2. The Morgan fingerprint density at radius 3 is 3.00 bits per heavy atom. The fourth-order valence-corrected chi connectivity index (χ4v) is 2.30. The highest BCUT2D eigenvalue weighted by atomic mass is 19.1. The van der Waals surface area contributed by atoms with Crippen LogP contribution in [-0.4, -0.2) is 19.1 Å². The summed E-state index contributed by atoms with van der Waals surface area (Å²) in [6, 6.07) is 2.86. The van der Waals surface area contributed by atoms with Gasteiger partial charge in [-0.25, -0.2) is 4.39 Å². The van der Waals surface area contributed by atoms with E-state index in [4.69, 9.17) is 5.73 Å². The number of carbonyl (C=O) groups is 1. The Morgan fingerprint density at radius 2 is 2.29 bits per heavy atom. The molecule has 0 radical (unpaired) electrons. The van der Waals surface area contributed by atoms with E-state index in [0.717, 1.165) is 30.4 Å². The minimum Gasteiger partial charge on any atom is -0.468 e. The highest BCUT2D eigenvalue weighted by molar-refractivity contribution is 5.75. The predicted molar refractivity (Wildman–Crippen MR) is 62.1 cm³/mol. The zero-order valence-corrected chi connectivity index (χ0v) is 9.83. The minimum absolute atomic E-state index is 0.186. The van der Waals surface area contributed by atoms with Gasteiger partial charge < -0.3 is 10.5 Å². The number of carbonyl (C=O) groups excluding carboxylic acids is 1. The third-order valence-electron chi connectivity index (χ3n) is 3.24. The molecule has 1 aromatic carbocycles. The Labute approximate surface area is 99.8 Å². The molecule has 0 saturated carbocycles. The largest absolute Gasteiger partial charge is 0.468 e. The molecule has 4 heteroatoms. The summed E-state index contributed by atoms with van der Waals surface area (Å²) < 4.78 is 18.6. The molecule has 1 aromatic rings. The van der Waals surface area contributed by atoms with Gasteiger partial charge in [0.25, 0.3) is 0 Å². The van der Waals surface area contributed by atoms with Crippen molar-refractivity contribution in [1.82, 2.24) is 0 Å². The van der Waals surface area contributed by atoms with Crippen molar-refractivity contribution in [2.75, 3.05) is 7.11 Å². The van der Waals surface area contributed by atoms with Crippen molar-refractivity contribution in [2.45, 2.75) is 31.7 Å². The van der Waals surface area contributed by atoms with E-state index in [1.165, 1.54) is 7.11 Å². The second-order valence-corrected chi connectivity index (χ2v) is 4.36. The van der Waals surface area contributed by atoms with Crippen LogP contribution in [-0.2, 0) is 28.8 Å². The van der Waals surface area contributed by atoms with Gasteiger partial charge in [-0.05, 0) is 36.0 Å². The first-order chi connectivity index (χ1) is 8.13. The zero-order valence-electron chi connectivity index (χ0n) is 9.83. The van der Waals surface area contributed by atoms with Crippen LogP contribution in [0.4, 0.5) is 4.39 Å². The van der Waals surface area contributed by atoms with Crippen LogP contribution in [0.1, 0.15) is 23.1 Å². The molecule has 0 aromatic heterocycles. The number of aryl methyl sites for hydroxylation is 1. The molecule has 0 saturated heterocycles. The quantitative estimate of drug-likeness (QED) is 0.807. The highest BCUT2D eigenvalue weighted by Crippen LogP contribution is 2.27. The molecule has 0 heterocycles. The van der Waals surface area contributed by atoms with Gasteiger partial charge in [-0.2, -0.15) is 0 Å². The summed E-state index contributed by atoms with van der Waals surface area (Å²) in [7, 11) is 1.28. The Balaban J connectivity index is 2.20. The van der Waals surface area contributed by atoms with E-state index in [-0.39, 0.29) is 12.2 Å². The maximum atomic E-state index is 14.1. The van der Waals surface area contributed by atoms with E-state index >= 15 is 0 Å². The number of rotatable bonds is 3. The lowest BCUT2D eigenvalue weighted by atomic mass is 10.0. The van der Waals surface area contributed by atoms with Crippen LogP contribution in [0.15, 0.2) is 12.1 Å². The Hall–Kier alpha value is -1.42. The van der Waals surface area contributed by atoms with Gasteiger partial charge in [0.2, 0.25) is 0 Å². The van der Waals surface area contributed by atoms with Crippen LogP contribution >= 0.6 is 0 Å². The van der Waals surface area contributed by atoms with E-state index in [1.807, 2.05) is 6.07 Å². The van der Waals surface area contributed by atoms with Gasteiger partial charge in [0.1, 0.15) is 11.9 Å². The van der Waals surface area contributed by atoms with Gasteiger partial charge in [0, 0.05) is 6.42 Å². The third kappa shape index (κ3) is 2.31. The van der Waals surface area contributed by atoms with E-state index in [2.05, 4.69) is 4.74 Å². The summed E-state index contributed by atoms with van der Waals surface area (Å²) in [5, 5.41) is 0. The molecule has 17 heavy (non-hydrogen) atoms. The number of ether oxygens (including phenoxy) is 1. The lowest BCUT2D eigenvalue weighted by Gasteiger charge is -2.12. The molecular weight excluding hydrogens is 221 g/mol. The normalized spacial score (nSPS) is 15.5. The predicted octanol–water partition coefficient (Wildman–Crippen LogP) is 1.36. The van der Waals surface area contributed by atoms with Crippen molar-refractivity contribution >= 4 is 5.97 Å². The molecule has 0 aliphatic heterocycles. The Bertz CT molecular complexity index is 445. The maximum absolute atomic E-state index is 14.1. The van der Waals surface area contributed by atoms with Crippen molar-refractivity contribution in [2.24, 2.45) is 5.73 Å². The second-order valence-electron chi connectivity index (χ2n) is 4.36. The average molecular weight is 237 g/mol. The lowest BCUT2D eigenvalue weighted by molar-refractivity contribution is -0.142. The molecule has 1 aliphatic carbocycles. The molecule has 0 bridgehead atoms. The fraction of sp³-hybridized carbons (Fsp3) is 0.462. The summed E-state index contributed by atoms with van der Waals surface area (Å²) in [5.41, 5.74) is 8.01. The van der Waals surface area contributed by atoms with Gasteiger partial charge in [0.15, 0.2) is 0 Å². The molecule has 3 nitrogen and oxygen atoms in total. The summed E-state index contributed by atoms with van der Waals surface area (Å²) in [4.78, 5) is 11.2. The molecule has 0 unspecified atom stereocenters. The average Bonchev–Trinajstić information content (AvgIpc) is 2.80. The van der Waals surface area contributed by atoms with Crippen LogP contribution in [0.25, 0.3) is 0 Å². The summed E-state index contributed by atoms with van der Waals surface area (Å²) >= 11 is 0. The summed E-state index contributed by atoms with van der Waals surface area (Å²) in [5.74, 6) is -0.704. The van der Waals surface area contributed by atoms with Crippen molar-refractivity contribution < 1.29 is 13.9 Å². The Morgan fingerprint density at radius 1 is 1.53 bits per heavy atom. The third-order valence-corrected chi connectivity index (χ3v) is 3.24. The first kappa shape index (κ1) is 12.0. The number of esters is 1. The number of halogens is 1. The van der Waals surface area contributed by atoms with Gasteiger partial charge in [-0.1, -0.05) is 12.1 Å². The first-order valence-electron chi connectivity index (χ1n) is 5.76. The molecule has 0 amide bonds. The van der Waals surface area contributed by atoms with Crippen LogP contribution in [0, 0.1) is 5.82 Å². The van der Waals surface area contributed by atoms with Gasteiger partial charge >= 0.3 is 5.97 Å². The smallest absolute Gasteiger partial charge is 0.322 e. The van der Waals surface area contributed by atoms with Crippen molar-refractivity contribution in [1.29, 1.82) is 0 Å². The van der Waals surface area contributed by atoms with Gasteiger partial charge in [0.05, 0.1) is 7.11 Å². The first-order valence-corrected chi connectivity index (χ1v) is 5.76. The molecule has 2 N–H and O–H groups in total. The van der Waals surface area contributed by atoms with Crippen molar-refractivity contribution in [3.8, 4) is 0 Å². The molecule has 0 fully saturated rings. The zero-order chi connectivity index (χ0) is 12.4. The number of hydrogen-bond donors (Lipinski definition) is 1. The highest BCUT2D eigenvalue weighted by Gasteiger charge is 2.21. The van der Waals surface area contributed by atoms with Crippen LogP contribution in [0.5, 0.6) is 0 Å². The summed E-state index contributed by atoms with van der Waals surface area (Å²) in [6.45, 7) is 0. The number of fused-ring (bicyclic) bond motifs is 1. The number of benzene rings is 1. The molecule has 2 rings (SSSR count). The molecular formula is C13H16FNO2. The van der Waals surface area contributed by atoms with Crippen LogP contribution in [0.2, 0.25) is 0 Å². The van der Waals surface area contributed by atoms with E-state index in [0.29, 0.717) is 5.56 Å². The number of nitrogens with two attached hydrogens (primary N) is 1. The minimum atomic E-state index is -0.797. The molecule has 92 valence electrons. The Kier molecular flexibility index (Phi) is 3.43. The van der Waals surface area contributed by atoms with Gasteiger partial charge in [-0.3, -0.25) is 4.79 Å². The van der Waals surface area contributed by atoms with Crippen LogP contribution < -0.4 is 5.73 Å². The van der Waals surface area contributed by atoms with Crippen molar-refractivity contribution in [3.63, 3.8) is 0 Å². The molecule has 0 spiro atoms. The topological polar surface area (TPSA) is 52.3 Å². The summed E-state index contributed by atoms with van der Waals surface area (Å²) in [6.07, 6.45) is 2.91. The second kappa shape index (κ2) is 4.84. The fourth-order valence-electron chi connectivity index (χ4n) is 2.30. The standard InChI is InChI=1S/C13H16FNO2/c1-17-13(16)11(15)7-9-6-5-8-3-2-4-10(8)12(9)14/h5-6,11H,2-4,7,15H2,1H3/t11-/m0/s1. The van der Waals surface area contributed by atoms with Gasteiger partial charge in [-0.15, -0.1) is 0 Å².